The third-order valence-electron chi connectivity index (χ3n) is 3.52. The highest BCUT2D eigenvalue weighted by Gasteiger charge is 2.20. The zero-order chi connectivity index (χ0) is 11.4. The summed E-state index contributed by atoms with van der Waals surface area (Å²) in [7, 11) is 0. The molecule has 1 aliphatic heterocycles. The second-order valence-corrected chi connectivity index (χ2v) is 4.82. The summed E-state index contributed by atoms with van der Waals surface area (Å²) in [6.07, 6.45) is 3.77. The summed E-state index contributed by atoms with van der Waals surface area (Å²) >= 11 is 0. The topological polar surface area (TPSA) is 29.3 Å². The second kappa shape index (κ2) is 5.46. The van der Waals surface area contributed by atoms with Gasteiger partial charge < -0.3 is 5.73 Å². The number of hydrogen-bond acceptors (Lipinski definition) is 2. The van der Waals surface area contributed by atoms with Crippen molar-refractivity contribution in [3.05, 3.63) is 35.4 Å². The van der Waals surface area contributed by atoms with Crippen molar-refractivity contribution in [2.45, 2.75) is 32.2 Å². The Morgan fingerprint density at radius 3 is 2.38 bits per heavy atom. The summed E-state index contributed by atoms with van der Waals surface area (Å²) in [5.41, 5.74) is 8.63. The van der Waals surface area contributed by atoms with Gasteiger partial charge in [0, 0.05) is 12.6 Å². The molecule has 88 valence electrons. The lowest BCUT2D eigenvalue weighted by Gasteiger charge is -2.26. The molecule has 2 heteroatoms. The first-order chi connectivity index (χ1) is 7.79. The zero-order valence-electron chi connectivity index (χ0n) is 10.2. The molecule has 16 heavy (non-hydrogen) atoms. The van der Waals surface area contributed by atoms with E-state index in [1.54, 1.807) is 0 Å². The second-order valence-electron chi connectivity index (χ2n) is 4.82. The van der Waals surface area contributed by atoms with Crippen molar-refractivity contribution < 1.29 is 0 Å². The fourth-order valence-corrected chi connectivity index (χ4v) is 2.46. The van der Waals surface area contributed by atoms with Gasteiger partial charge in [-0.05, 0) is 44.8 Å². The quantitative estimate of drug-likeness (QED) is 0.837. The van der Waals surface area contributed by atoms with Crippen LogP contribution in [0.15, 0.2) is 24.3 Å². The Bertz CT molecular complexity index is 312. The maximum Gasteiger partial charge on any atom is 0.0258 e. The van der Waals surface area contributed by atoms with E-state index in [1.165, 1.54) is 37.1 Å². The number of nitrogens with two attached hydrogens (primary N) is 1. The average molecular weight is 218 g/mol. The van der Waals surface area contributed by atoms with Gasteiger partial charge in [-0.15, -0.1) is 0 Å². The predicted octanol–water partition coefficient (Wildman–Crippen LogP) is 1.96. The summed E-state index contributed by atoms with van der Waals surface area (Å²) in [4.78, 5) is 2.54. The first-order valence-electron chi connectivity index (χ1n) is 6.29. The van der Waals surface area contributed by atoms with E-state index in [9.17, 15) is 0 Å². The highest BCUT2D eigenvalue weighted by molar-refractivity contribution is 5.22. The molecule has 1 fully saturated rings. The number of benzene rings is 1. The fourth-order valence-electron chi connectivity index (χ4n) is 2.46. The zero-order valence-corrected chi connectivity index (χ0v) is 10.2. The van der Waals surface area contributed by atoms with Crippen molar-refractivity contribution in [2.24, 2.45) is 5.73 Å². The van der Waals surface area contributed by atoms with E-state index in [1.807, 2.05) is 0 Å². The maximum absolute atomic E-state index is 5.89. The number of likely N-dealkylation sites (tertiary alicyclic amines) is 1. The van der Waals surface area contributed by atoms with Crippen molar-refractivity contribution in [1.29, 1.82) is 0 Å². The number of hydrogen-bond donors (Lipinski definition) is 1. The third-order valence-corrected chi connectivity index (χ3v) is 3.52. The normalized spacial score (nSPS) is 18.9. The van der Waals surface area contributed by atoms with Crippen LogP contribution in [0.3, 0.4) is 0 Å². The van der Waals surface area contributed by atoms with Crippen molar-refractivity contribution in [2.75, 3.05) is 19.6 Å². The summed E-state index contributed by atoms with van der Waals surface area (Å²) in [6, 6.07) is 9.37. The Hall–Kier alpha value is -0.860. The first-order valence-corrected chi connectivity index (χ1v) is 6.29. The predicted molar refractivity (Wildman–Crippen MR) is 68.5 cm³/mol. The van der Waals surface area contributed by atoms with Crippen LogP contribution in [0, 0.1) is 6.92 Å². The molecule has 0 amide bonds. The molecule has 0 aromatic heterocycles. The van der Waals surface area contributed by atoms with E-state index in [2.05, 4.69) is 36.1 Å². The number of aryl methyl sites for hydroxylation is 1. The molecule has 2 rings (SSSR count). The Balaban J connectivity index is 1.97. The monoisotopic (exact) mass is 218 g/mol. The molecule has 1 saturated heterocycles. The van der Waals surface area contributed by atoms with Gasteiger partial charge in [-0.2, -0.15) is 0 Å². The van der Waals surface area contributed by atoms with Crippen LogP contribution in [-0.2, 0) is 6.42 Å². The lowest BCUT2D eigenvalue weighted by atomic mass is 10.0. The molecule has 1 aliphatic rings. The lowest BCUT2D eigenvalue weighted by Crippen LogP contribution is -2.40. The van der Waals surface area contributed by atoms with E-state index in [0.717, 1.165) is 13.0 Å². The Kier molecular flexibility index (Phi) is 3.97. The molecule has 1 atom stereocenters. The van der Waals surface area contributed by atoms with Crippen LogP contribution < -0.4 is 5.73 Å². The summed E-state index contributed by atoms with van der Waals surface area (Å²) in [5, 5.41) is 0. The molecule has 2 nitrogen and oxygen atoms in total. The molecule has 1 heterocycles. The molecule has 0 aliphatic carbocycles. The van der Waals surface area contributed by atoms with Crippen LogP contribution >= 0.6 is 0 Å². The molecular formula is C14H22N2. The van der Waals surface area contributed by atoms with E-state index < -0.39 is 0 Å². The van der Waals surface area contributed by atoms with Crippen LogP contribution in [0.1, 0.15) is 24.0 Å². The number of nitrogens with zero attached hydrogens (tertiary/aromatic N) is 1. The van der Waals surface area contributed by atoms with Crippen LogP contribution in [-0.4, -0.2) is 30.6 Å². The van der Waals surface area contributed by atoms with Gasteiger partial charge in [-0.25, -0.2) is 0 Å². The van der Waals surface area contributed by atoms with E-state index in [4.69, 9.17) is 5.73 Å². The Morgan fingerprint density at radius 2 is 1.81 bits per heavy atom. The van der Waals surface area contributed by atoms with Crippen molar-refractivity contribution in [1.82, 2.24) is 4.90 Å². The molecular weight excluding hydrogens is 196 g/mol. The first kappa shape index (κ1) is 11.6. The van der Waals surface area contributed by atoms with Crippen LogP contribution in [0.25, 0.3) is 0 Å². The molecule has 1 aromatic rings. The highest BCUT2D eigenvalue weighted by atomic mass is 15.2. The minimum Gasteiger partial charge on any atom is -0.329 e. The van der Waals surface area contributed by atoms with Crippen LogP contribution in [0.2, 0.25) is 0 Å². The van der Waals surface area contributed by atoms with Gasteiger partial charge in [0.25, 0.3) is 0 Å². The van der Waals surface area contributed by atoms with Gasteiger partial charge in [-0.3, -0.25) is 4.90 Å². The minimum atomic E-state index is 0.533. The molecule has 0 bridgehead atoms. The SMILES string of the molecule is Cc1ccc(CC(CN)N2CCCC2)cc1. The maximum atomic E-state index is 5.89. The van der Waals surface area contributed by atoms with Gasteiger partial charge in [0.05, 0.1) is 0 Å². The molecule has 0 saturated carbocycles. The van der Waals surface area contributed by atoms with E-state index in [0.29, 0.717) is 6.04 Å². The van der Waals surface area contributed by atoms with Crippen LogP contribution in [0.5, 0.6) is 0 Å². The van der Waals surface area contributed by atoms with Crippen molar-refractivity contribution in [3.8, 4) is 0 Å². The molecule has 0 radical (unpaired) electrons. The molecule has 0 spiro atoms. The van der Waals surface area contributed by atoms with E-state index >= 15 is 0 Å². The van der Waals surface area contributed by atoms with Gasteiger partial charge in [0.2, 0.25) is 0 Å². The van der Waals surface area contributed by atoms with Crippen molar-refractivity contribution >= 4 is 0 Å². The standard InChI is InChI=1S/C14H22N2/c1-12-4-6-13(7-5-12)10-14(11-15)16-8-2-3-9-16/h4-7,14H,2-3,8-11,15H2,1H3. The van der Waals surface area contributed by atoms with Gasteiger partial charge in [0.1, 0.15) is 0 Å². The average Bonchev–Trinajstić information content (AvgIpc) is 2.82. The number of rotatable bonds is 4. The highest BCUT2D eigenvalue weighted by Crippen LogP contribution is 2.15. The minimum absolute atomic E-state index is 0.533. The summed E-state index contributed by atoms with van der Waals surface area (Å²) in [6.45, 7) is 5.36. The third kappa shape index (κ3) is 2.83. The molecule has 1 unspecified atom stereocenters. The fraction of sp³-hybridized carbons (Fsp3) is 0.571. The van der Waals surface area contributed by atoms with Crippen molar-refractivity contribution in [3.63, 3.8) is 0 Å². The van der Waals surface area contributed by atoms with Gasteiger partial charge in [0.15, 0.2) is 0 Å². The summed E-state index contributed by atoms with van der Waals surface area (Å²) in [5.74, 6) is 0. The smallest absolute Gasteiger partial charge is 0.0258 e. The van der Waals surface area contributed by atoms with Gasteiger partial charge in [-0.1, -0.05) is 29.8 Å². The van der Waals surface area contributed by atoms with Gasteiger partial charge >= 0.3 is 0 Å². The summed E-state index contributed by atoms with van der Waals surface area (Å²) < 4.78 is 0. The van der Waals surface area contributed by atoms with Crippen LogP contribution in [0.4, 0.5) is 0 Å². The lowest BCUT2D eigenvalue weighted by molar-refractivity contribution is 0.246. The molecule has 1 aromatic carbocycles. The Labute approximate surface area is 98.4 Å². The molecule has 2 N–H and O–H groups in total. The Morgan fingerprint density at radius 1 is 1.19 bits per heavy atom. The van der Waals surface area contributed by atoms with E-state index in [-0.39, 0.29) is 0 Å². The largest absolute Gasteiger partial charge is 0.329 e.